The van der Waals surface area contributed by atoms with Gasteiger partial charge in [-0.1, -0.05) is 34.1 Å². The average molecular weight is 239 g/mol. The highest BCUT2D eigenvalue weighted by Gasteiger charge is 2.33. The van der Waals surface area contributed by atoms with Gasteiger partial charge in [0.2, 0.25) is 0 Å². The Kier molecular flexibility index (Phi) is 5.50. The Balaban J connectivity index is 2.46. The number of rotatable bonds is 5. The second-order valence-corrected chi connectivity index (χ2v) is 7.11. The minimum Gasteiger partial charge on any atom is -0.301 e. The monoisotopic (exact) mass is 239 g/mol. The molecule has 1 heteroatoms. The summed E-state index contributed by atoms with van der Waals surface area (Å²) in [4.78, 5) is 2.63. The maximum atomic E-state index is 2.63. The van der Waals surface area contributed by atoms with Crippen molar-refractivity contribution in [1.82, 2.24) is 4.90 Å². The molecule has 0 amide bonds. The highest BCUT2D eigenvalue weighted by molar-refractivity contribution is 4.85. The molecule has 102 valence electrons. The Morgan fingerprint density at radius 3 is 2.06 bits per heavy atom. The van der Waals surface area contributed by atoms with Crippen molar-refractivity contribution in [2.45, 2.75) is 73.3 Å². The van der Waals surface area contributed by atoms with Crippen LogP contribution in [-0.4, -0.2) is 24.0 Å². The van der Waals surface area contributed by atoms with Crippen molar-refractivity contribution in [3.05, 3.63) is 0 Å². The molecule has 1 nitrogen and oxygen atoms in total. The quantitative estimate of drug-likeness (QED) is 0.679. The molecule has 1 saturated heterocycles. The van der Waals surface area contributed by atoms with Gasteiger partial charge in [-0.25, -0.2) is 0 Å². The second kappa shape index (κ2) is 6.22. The van der Waals surface area contributed by atoms with Crippen molar-refractivity contribution in [1.29, 1.82) is 0 Å². The molecular weight excluding hydrogens is 206 g/mol. The number of hydrogen-bond acceptors (Lipinski definition) is 1. The van der Waals surface area contributed by atoms with Crippen molar-refractivity contribution < 1.29 is 0 Å². The van der Waals surface area contributed by atoms with Crippen LogP contribution in [0.5, 0.6) is 0 Å². The first-order valence-electron chi connectivity index (χ1n) is 7.61. The van der Waals surface area contributed by atoms with Gasteiger partial charge in [0.25, 0.3) is 0 Å². The van der Waals surface area contributed by atoms with E-state index in [1.54, 1.807) is 0 Å². The number of nitrogens with zero attached hydrogens (tertiary/aromatic N) is 1. The van der Waals surface area contributed by atoms with Crippen molar-refractivity contribution >= 4 is 0 Å². The van der Waals surface area contributed by atoms with E-state index < -0.39 is 0 Å². The topological polar surface area (TPSA) is 3.24 Å². The van der Waals surface area contributed by atoms with Crippen molar-refractivity contribution in [3.63, 3.8) is 0 Å². The zero-order valence-electron chi connectivity index (χ0n) is 12.9. The molecular formula is C16H33N. The standard InChI is InChI=1S/C16H33N/c1-7-14(4)12-16(5,6)15-8-10-17(11-9-15)13(2)3/h13-15H,7-12H2,1-6H3. The Labute approximate surface area is 109 Å². The van der Waals surface area contributed by atoms with Gasteiger partial charge >= 0.3 is 0 Å². The normalized spacial score (nSPS) is 22.1. The van der Waals surface area contributed by atoms with Gasteiger partial charge in [-0.3, -0.25) is 0 Å². The average Bonchev–Trinajstić information content (AvgIpc) is 2.28. The lowest BCUT2D eigenvalue weighted by Crippen LogP contribution is -2.42. The fourth-order valence-corrected chi connectivity index (χ4v) is 3.41. The summed E-state index contributed by atoms with van der Waals surface area (Å²) in [5.41, 5.74) is 0.540. The van der Waals surface area contributed by atoms with E-state index in [2.05, 4.69) is 46.4 Å². The predicted octanol–water partition coefficient (Wildman–Crippen LogP) is 4.57. The van der Waals surface area contributed by atoms with E-state index in [9.17, 15) is 0 Å². The Morgan fingerprint density at radius 1 is 1.12 bits per heavy atom. The molecule has 1 aliphatic rings. The zero-order valence-corrected chi connectivity index (χ0v) is 12.9. The number of likely N-dealkylation sites (tertiary alicyclic amines) is 1. The second-order valence-electron chi connectivity index (χ2n) is 7.11. The van der Waals surface area contributed by atoms with Gasteiger partial charge in [-0.05, 0) is 63.5 Å². The van der Waals surface area contributed by atoms with Crippen LogP contribution in [0.1, 0.15) is 67.2 Å². The van der Waals surface area contributed by atoms with Crippen molar-refractivity contribution in [2.24, 2.45) is 17.3 Å². The first-order chi connectivity index (χ1) is 7.86. The predicted molar refractivity (Wildman–Crippen MR) is 77.3 cm³/mol. The summed E-state index contributed by atoms with van der Waals surface area (Å²) in [7, 11) is 0. The summed E-state index contributed by atoms with van der Waals surface area (Å²) in [5, 5.41) is 0. The van der Waals surface area contributed by atoms with Crippen LogP contribution in [0.3, 0.4) is 0 Å². The highest BCUT2D eigenvalue weighted by atomic mass is 15.1. The van der Waals surface area contributed by atoms with Crippen LogP contribution >= 0.6 is 0 Å². The van der Waals surface area contributed by atoms with Crippen molar-refractivity contribution in [3.8, 4) is 0 Å². The number of hydrogen-bond donors (Lipinski definition) is 0. The van der Waals surface area contributed by atoms with Crippen LogP contribution in [0.2, 0.25) is 0 Å². The van der Waals surface area contributed by atoms with E-state index in [0.717, 1.165) is 17.9 Å². The molecule has 1 atom stereocenters. The van der Waals surface area contributed by atoms with Crippen molar-refractivity contribution in [2.75, 3.05) is 13.1 Å². The van der Waals surface area contributed by atoms with Crippen LogP contribution in [0.4, 0.5) is 0 Å². The third kappa shape index (κ3) is 4.28. The molecule has 0 aromatic rings. The zero-order chi connectivity index (χ0) is 13.1. The Bertz CT molecular complexity index is 212. The first kappa shape index (κ1) is 15.0. The summed E-state index contributed by atoms with van der Waals surface area (Å²) in [5.74, 6) is 1.82. The molecule has 0 spiro atoms. The third-order valence-electron chi connectivity index (χ3n) is 4.94. The lowest BCUT2D eigenvalue weighted by Gasteiger charge is -2.43. The van der Waals surface area contributed by atoms with E-state index in [-0.39, 0.29) is 0 Å². The molecule has 17 heavy (non-hydrogen) atoms. The van der Waals surface area contributed by atoms with Gasteiger partial charge in [-0.15, -0.1) is 0 Å². The molecule has 0 radical (unpaired) electrons. The van der Waals surface area contributed by atoms with E-state index in [1.807, 2.05) is 0 Å². The van der Waals surface area contributed by atoms with Crippen LogP contribution in [-0.2, 0) is 0 Å². The maximum Gasteiger partial charge on any atom is 0.00385 e. The van der Waals surface area contributed by atoms with Gasteiger partial charge < -0.3 is 4.90 Å². The minimum atomic E-state index is 0.540. The summed E-state index contributed by atoms with van der Waals surface area (Å²) >= 11 is 0. The molecule has 0 aromatic carbocycles. The van der Waals surface area contributed by atoms with Crippen LogP contribution < -0.4 is 0 Å². The fourth-order valence-electron chi connectivity index (χ4n) is 3.41. The van der Waals surface area contributed by atoms with Crippen LogP contribution in [0.25, 0.3) is 0 Å². The van der Waals surface area contributed by atoms with Crippen LogP contribution in [0, 0.1) is 17.3 Å². The Hall–Kier alpha value is -0.0400. The molecule has 0 bridgehead atoms. The molecule has 0 aliphatic carbocycles. The smallest absolute Gasteiger partial charge is 0.00385 e. The van der Waals surface area contributed by atoms with E-state index in [1.165, 1.54) is 38.8 Å². The maximum absolute atomic E-state index is 2.63. The van der Waals surface area contributed by atoms with E-state index in [0.29, 0.717) is 5.41 Å². The molecule has 0 saturated carbocycles. The molecule has 1 fully saturated rings. The SMILES string of the molecule is CCC(C)CC(C)(C)C1CCN(C(C)C)CC1. The minimum absolute atomic E-state index is 0.540. The molecule has 0 N–H and O–H groups in total. The molecule has 1 rings (SSSR count). The summed E-state index contributed by atoms with van der Waals surface area (Å²) in [6, 6.07) is 0.730. The highest BCUT2D eigenvalue weighted by Crippen LogP contribution is 2.40. The summed E-state index contributed by atoms with van der Waals surface area (Å²) in [6.07, 6.45) is 5.54. The summed E-state index contributed by atoms with van der Waals surface area (Å²) in [6.45, 7) is 17.0. The first-order valence-corrected chi connectivity index (χ1v) is 7.61. The number of piperidine rings is 1. The van der Waals surface area contributed by atoms with Gasteiger partial charge in [0.05, 0.1) is 0 Å². The third-order valence-corrected chi connectivity index (χ3v) is 4.94. The van der Waals surface area contributed by atoms with Gasteiger partial charge in [-0.2, -0.15) is 0 Å². The molecule has 1 unspecified atom stereocenters. The summed E-state index contributed by atoms with van der Waals surface area (Å²) < 4.78 is 0. The molecule has 1 aliphatic heterocycles. The van der Waals surface area contributed by atoms with E-state index in [4.69, 9.17) is 0 Å². The Morgan fingerprint density at radius 2 is 1.65 bits per heavy atom. The van der Waals surface area contributed by atoms with E-state index >= 15 is 0 Å². The van der Waals surface area contributed by atoms with Gasteiger partial charge in [0.15, 0.2) is 0 Å². The molecule has 0 aromatic heterocycles. The van der Waals surface area contributed by atoms with Gasteiger partial charge in [0, 0.05) is 6.04 Å². The fraction of sp³-hybridized carbons (Fsp3) is 1.00. The van der Waals surface area contributed by atoms with Gasteiger partial charge in [0.1, 0.15) is 0 Å². The lowest BCUT2D eigenvalue weighted by atomic mass is 9.69. The molecule has 1 heterocycles. The largest absolute Gasteiger partial charge is 0.301 e. The lowest BCUT2D eigenvalue weighted by molar-refractivity contribution is 0.0682. The van der Waals surface area contributed by atoms with Crippen LogP contribution in [0.15, 0.2) is 0 Å².